The molecule has 0 saturated heterocycles. The topological polar surface area (TPSA) is 133 Å². The van der Waals surface area contributed by atoms with Crippen LogP contribution in [0.3, 0.4) is 0 Å². The molecule has 0 atom stereocenters. The molecular weight excluding hydrogens is 413 g/mol. The molecule has 10 nitrogen and oxygen atoms in total. The van der Waals surface area contributed by atoms with E-state index in [4.69, 9.17) is 11.6 Å². The van der Waals surface area contributed by atoms with Crippen molar-refractivity contribution in [1.29, 1.82) is 0 Å². The highest BCUT2D eigenvalue weighted by molar-refractivity contribution is 6.33. The Bertz CT molecular complexity index is 998. The van der Waals surface area contributed by atoms with Crippen LogP contribution >= 0.6 is 11.6 Å². The van der Waals surface area contributed by atoms with Gasteiger partial charge in [0.1, 0.15) is 5.69 Å². The lowest BCUT2D eigenvalue weighted by Crippen LogP contribution is -2.19. The number of alkyl halides is 3. The Morgan fingerprint density at radius 2 is 1.50 bits per heavy atom. The molecule has 0 spiro atoms. The molecule has 148 valence electrons. The summed E-state index contributed by atoms with van der Waals surface area (Å²) in [5.74, 6) is 0. The smallest absolute Gasteiger partial charge is 0.337 e. The van der Waals surface area contributed by atoms with Gasteiger partial charge in [0.25, 0.3) is 17.1 Å². The first-order chi connectivity index (χ1) is 12.8. The maximum atomic E-state index is 13.5. The summed E-state index contributed by atoms with van der Waals surface area (Å²) >= 11 is 5.89. The first-order valence-corrected chi connectivity index (χ1v) is 7.44. The molecule has 0 fully saturated rings. The van der Waals surface area contributed by atoms with Crippen molar-refractivity contribution in [2.75, 3.05) is 11.9 Å². The van der Waals surface area contributed by atoms with Crippen LogP contribution in [0.2, 0.25) is 5.02 Å². The first kappa shape index (κ1) is 20.8. The highest BCUT2D eigenvalue weighted by Crippen LogP contribution is 2.47. The molecule has 14 heteroatoms. The maximum absolute atomic E-state index is 13.5. The zero-order chi connectivity index (χ0) is 21.4. The van der Waals surface area contributed by atoms with Gasteiger partial charge >= 0.3 is 6.18 Å². The molecule has 0 aliphatic heterocycles. The molecule has 28 heavy (non-hydrogen) atoms. The van der Waals surface area contributed by atoms with Gasteiger partial charge in [0.05, 0.1) is 37.1 Å². The quantitative estimate of drug-likeness (QED) is 0.498. The highest BCUT2D eigenvalue weighted by atomic mass is 35.5. The molecule has 0 saturated carbocycles. The first-order valence-electron chi connectivity index (χ1n) is 7.06. The summed E-state index contributed by atoms with van der Waals surface area (Å²) in [6.07, 6.45) is -5.17. The van der Waals surface area contributed by atoms with Gasteiger partial charge in [-0.1, -0.05) is 11.6 Å². The number of nitro benzene ring substituents is 3. The summed E-state index contributed by atoms with van der Waals surface area (Å²) in [6, 6.07) is 3.37. The molecule has 0 amide bonds. The van der Waals surface area contributed by atoms with Crippen LogP contribution in [0.4, 0.5) is 41.6 Å². The summed E-state index contributed by atoms with van der Waals surface area (Å²) in [7, 11) is 1.01. The second kappa shape index (κ2) is 7.26. The second-order valence-corrected chi connectivity index (χ2v) is 5.73. The summed E-state index contributed by atoms with van der Waals surface area (Å²) in [6.45, 7) is 0. The van der Waals surface area contributed by atoms with Gasteiger partial charge in [0.2, 0.25) is 0 Å². The lowest BCUT2D eigenvalue weighted by atomic mass is 10.1. The molecule has 0 radical (unpaired) electrons. The third kappa shape index (κ3) is 3.93. The van der Waals surface area contributed by atoms with Crippen LogP contribution in [0, 0.1) is 30.3 Å². The molecule has 0 aliphatic rings. The number of nitrogens with zero attached hydrogens (tertiary/aromatic N) is 4. The number of nitro groups is 3. The van der Waals surface area contributed by atoms with Gasteiger partial charge < -0.3 is 4.90 Å². The minimum Gasteiger partial charge on any atom is -0.337 e. The largest absolute Gasteiger partial charge is 0.418 e. The van der Waals surface area contributed by atoms with Gasteiger partial charge in [0, 0.05) is 25.2 Å². The molecule has 0 unspecified atom stereocenters. The predicted molar refractivity (Wildman–Crippen MR) is 90.9 cm³/mol. The van der Waals surface area contributed by atoms with E-state index >= 15 is 0 Å². The number of halogens is 4. The van der Waals surface area contributed by atoms with Crippen molar-refractivity contribution in [1.82, 2.24) is 0 Å². The Hall–Kier alpha value is -3.48. The number of hydrogen-bond donors (Lipinski definition) is 0. The lowest BCUT2D eigenvalue weighted by Gasteiger charge is -2.24. The summed E-state index contributed by atoms with van der Waals surface area (Å²) in [4.78, 5) is 30.5. The van der Waals surface area contributed by atoms with E-state index in [1.54, 1.807) is 0 Å². The van der Waals surface area contributed by atoms with Crippen molar-refractivity contribution in [2.24, 2.45) is 0 Å². The van der Waals surface area contributed by atoms with Gasteiger partial charge in [-0.25, -0.2) is 0 Å². The highest BCUT2D eigenvalue weighted by Gasteiger charge is 2.41. The lowest BCUT2D eigenvalue weighted by molar-refractivity contribution is -0.394. The van der Waals surface area contributed by atoms with E-state index < -0.39 is 49.3 Å². The molecule has 0 bridgehead atoms. The number of hydrogen-bond acceptors (Lipinski definition) is 7. The number of rotatable bonds is 5. The summed E-state index contributed by atoms with van der Waals surface area (Å²) in [5.41, 5.74) is -5.60. The van der Waals surface area contributed by atoms with Gasteiger partial charge in [-0.2, -0.15) is 13.2 Å². The van der Waals surface area contributed by atoms with Gasteiger partial charge in [-0.3, -0.25) is 30.3 Å². The van der Waals surface area contributed by atoms with Crippen molar-refractivity contribution in [3.8, 4) is 0 Å². The van der Waals surface area contributed by atoms with Crippen LogP contribution in [-0.4, -0.2) is 21.8 Å². The molecule has 0 aliphatic carbocycles. The van der Waals surface area contributed by atoms with E-state index in [1.165, 1.54) is 0 Å². The zero-order valence-electron chi connectivity index (χ0n) is 13.6. The standard InChI is InChI=1S/C14H8ClF3N4O6/c1-19(11-3-2-7(20(23)24)5-10(11)15)13-9(14(16,17)18)4-8(21(25)26)6-12(13)22(27)28/h2-6H,1H3. The van der Waals surface area contributed by atoms with Crippen molar-refractivity contribution >= 4 is 40.0 Å². The maximum Gasteiger partial charge on any atom is 0.418 e. The van der Waals surface area contributed by atoms with Crippen molar-refractivity contribution in [2.45, 2.75) is 6.18 Å². The molecule has 2 aromatic carbocycles. The van der Waals surface area contributed by atoms with E-state index in [2.05, 4.69) is 0 Å². The Kier molecular flexibility index (Phi) is 5.40. The van der Waals surface area contributed by atoms with Crippen molar-refractivity contribution in [3.63, 3.8) is 0 Å². The van der Waals surface area contributed by atoms with E-state index in [0.717, 1.165) is 25.2 Å². The SMILES string of the molecule is CN(c1ccc([N+](=O)[O-])cc1Cl)c1c([N+](=O)[O-])cc([N+](=O)[O-])cc1C(F)(F)F. The van der Waals surface area contributed by atoms with E-state index in [1.807, 2.05) is 0 Å². The second-order valence-electron chi connectivity index (χ2n) is 5.32. The fourth-order valence-electron chi connectivity index (χ4n) is 2.42. The molecule has 0 aromatic heterocycles. The number of benzene rings is 2. The minimum absolute atomic E-state index is 0.165. The van der Waals surface area contributed by atoms with Gasteiger partial charge in [-0.15, -0.1) is 0 Å². The summed E-state index contributed by atoms with van der Waals surface area (Å²) in [5, 5.41) is 32.6. The zero-order valence-corrected chi connectivity index (χ0v) is 14.4. The van der Waals surface area contributed by atoms with Crippen LogP contribution in [0.25, 0.3) is 0 Å². The van der Waals surface area contributed by atoms with E-state index in [0.29, 0.717) is 11.0 Å². The Morgan fingerprint density at radius 3 is 1.93 bits per heavy atom. The molecule has 0 N–H and O–H groups in total. The monoisotopic (exact) mass is 420 g/mol. The van der Waals surface area contributed by atoms with Crippen LogP contribution in [0.1, 0.15) is 5.56 Å². The third-order valence-electron chi connectivity index (χ3n) is 3.63. The predicted octanol–water partition coefficient (Wildman–Crippen LogP) is 4.85. The molecular formula is C14H8ClF3N4O6. The number of non-ortho nitro benzene ring substituents is 2. The summed E-state index contributed by atoms with van der Waals surface area (Å²) < 4.78 is 40.5. The number of anilines is 2. The normalized spacial score (nSPS) is 11.2. The van der Waals surface area contributed by atoms with E-state index in [9.17, 15) is 43.5 Å². The molecule has 0 heterocycles. The van der Waals surface area contributed by atoms with Gasteiger partial charge in [-0.05, 0) is 6.07 Å². The average molecular weight is 421 g/mol. The Balaban J connectivity index is 2.81. The third-order valence-corrected chi connectivity index (χ3v) is 3.93. The minimum atomic E-state index is -5.17. The van der Waals surface area contributed by atoms with Gasteiger partial charge in [0.15, 0.2) is 0 Å². The van der Waals surface area contributed by atoms with Crippen LogP contribution < -0.4 is 4.90 Å². The fourth-order valence-corrected chi connectivity index (χ4v) is 2.72. The average Bonchev–Trinajstić information content (AvgIpc) is 2.58. The fraction of sp³-hybridized carbons (Fsp3) is 0.143. The van der Waals surface area contributed by atoms with Crippen LogP contribution in [-0.2, 0) is 6.18 Å². The van der Waals surface area contributed by atoms with Crippen LogP contribution in [0.5, 0.6) is 0 Å². The van der Waals surface area contributed by atoms with Crippen LogP contribution in [0.15, 0.2) is 30.3 Å². The molecule has 2 rings (SSSR count). The van der Waals surface area contributed by atoms with E-state index in [-0.39, 0.29) is 16.8 Å². The Morgan fingerprint density at radius 1 is 0.929 bits per heavy atom. The van der Waals surface area contributed by atoms with Crippen molar-refractivity contribution in [3.05, 3.63) is 71.3 Å². The Labute approximate surface area is 158 Å². The molecule has 2 aromatic rings. The van der Waals surface area contributed by atoms with Crippen molar-refractivity contribution < 1.29 is 27.9 Å².